The predicted molar refractivity (Wildman–Crippen MR) is 208 cm³/mol. The zero-order valence-electron chi connectivity index (χ0n) is 31.9. The van der Waals surface area contributed by atoms with E-state index in [0.29, 0.717) is 43.9 Å². The van der Waals surface area contributed by atoms with Gasteiger partial charge in [0.1, 0.15) is 24.0 Å². The molecule has 0 radical (unpaired) electrons. The summed E-state index contributed by atoms with van der Waals surface area (Å²) in [6.45, 7) is 10.8. The van der Waals surface area contributed by atoms with Crippen molar-refractivity contribution in [1.29, 1.82) is 0 Å². The molecule has 3 amide bonds. The molecule has 3 aromatic carbocycles. The van der Waals surface area contributed by atoms with Gasteiger partial charge in [-0.2, -0.15) is 5.21 Å². The van der Waals surface area contributed by atoms with Gasteiger partial charge in [0.2, 0.25) is 17.6 Å². The van der Waals surface area contributed by atoms with E-state index in [-0.39, 0.29) is 23.7 Å². The minimum atomic E-state index is -0.815. The molecule has 4 aromatic rings. The maximum Gasteiger partial charge on any atom is 0.407 e. The molecule has 4 N–H and O–H groups in total. The van der Waals surface area contributed by atoms with Crippen LogP contribution < -0.4 is 20.7 Å². The number of H-pyrrole nitrogens is 1. The molecule has 1 aliphatic heterocycles. The number of benzene rings is 3. The molecular formula is C41H52N8O6. The number of alkyl carbamates (subject to hydrolysis) is 1. The molecule has 6 rings (SSSR count). The van der Waals surface area contributed by atoms with E-state index in [1.165, 1.54) is 0 Å². The first-order chi connectivity index (χ1) is 26.6. The highest BCUT2D eigenvalue weighted by Gasteiger charge is 2.30. The molecule has 292 valence electrons. The third kappa shape index (κ3) is 12.1. The Balaban J connectivity index is 1.07. The van der Waals surface area contributed by atoms with E-state index in [2.05, 4.69) is 41.5 Å². The van der Waals surface area contributed by atoms with Gasteiger partial charge in [0.05, 0.1) is 13.2 Å². The molecule has 0 unspecified atom stereocenters. The van der Waals surface area contributed by atoms with Crippen molar-refractivity contribution in [3.05, 3.63) is 78.4 Å². The van der Waals surface area contributed by atoms with E-state index in [0.717, 1.165) is 73.7 Å². The van der Waals surface area contributed by atoms with E-state index >= 15 is 0 Å². The number of rotatable bonds is 14. The van der Waals surface area contributed by atoms with Crippen LogP contribution in [0.3, 0.4) is 0 Å². The standard InChI is InChI=1S/C41H52N8O6/c1-41(2,3)55-40(52)42-27-29-9-13-32(14-10-29)38(50)44-36(39(51)43-34-17-15-31(16-18-34)37-45-47-48-46-37)25-28-7-11-30(12-8-28)33-5-4-6-35(26-33)54-24-21-49-19-22-53-23-20-49/h4-8,11-12,15-18,26,29,32,36H,9-10,13-14,19-25,27H2,1-3H3,(H,42,52)(H,43,51)(H,44,50)(H,45,46,47,48)/t29?,32?,36-/m0/s1. The van der Waals surface area contributed by atoms with Gasteiger partial charge in [-0.1, -0.05) is 36.4 Å². The fraction of sp³-hybridized carbons (Fsp3) is 0.463. The van der Waals surface area contributed by atoms with Crippen LogP contribution in [0.15, 0.2) is 72.8 Å². The Kier molecular flexibility index (Phi) is 13.5. The molecule has 0 spiro atoms. The molecule has 1 saturated heterocycles. The fourth-order valence-corrected chi connectivity index (χ4v) is 6.84. The van der Waals surface area contributed by atoms with Gasteiger partial charge < -0.3 is 30.2 Å². The number of tetrazole rings is 1. The normalized spacial score (nSPS) is 18.2. The largest absolute Gasteiger partial charge is 0.492 e. The van der Waals surface area contributed by atoms with Gasteiger partial charge in [-0.05, 0) is 111 Å². The SMILES string of the molecule is CC(C)(C)OC(=O)NCC1CCC(C(=O)N[C@@H](Cc2ccc(-c3cccc(OCCN4CCOCC4)c3)cc2)C(=O)Nc2ccc(-c3nn[nH]n3)cc2)CC1. The van der Waals surface area contributed by atoms with Gasteiger partial charge in [0.25, 0.3) is 0 Å². The van der Waals surface area contributed by atoms with E-state index in [1.54, 1.807) is 24.3 Å². The lowest BCUT2D eigenvalue weighted by Gasteiger charge is -2.29. The monoisotopic (exact) mass is 752 g/mol. The second kappa shape index (κ2) is 18.8. The van der Waals surface area contributed by atoms with Gasteiger partial charge in [-0.3, -0.25) is 14.5 Å². The maximum atomic E-state index is 13.8. The van der Waals surface area contributed by atoms with E-state index in [9.17, 15) is 14.4 Å². The van der Waals surface area contributed by atoms with Crippen LogP contribution >= 0.6 is 0 Å². The summed E-state index contributed by atoms with van der Waals surface area (Å²) in [6.07, 6.45) is 2.79. The molecule has 1 saturated carbocycles. The third-order valence-electron chi connectivity index (χ3n) is 9.88. The number of ether oxygens (including phenoxy) is 3. The zero-order chi connectivity index (χ0) is 38.6. The van der Waals surface area contributed by atoms with Crippen molar-refractivity contribution < 1.29 is 28.6 Å². The minimum Gasteiger partial charge on any atom is -0.492 e. The minimum absolute atomic E-state index is 0.145. The highest BCUT2D eigenvalue weighted by molar-refractivity contribution is 5.97. The lowest BCUT2D eigenvalue weighted by molar-refractivity contribution is -0.130. The van der Waals surface area contributed by atoms with Crippen LogP contribution in [0.2, 0.25) is 0 Å². The Morgan fingerprint density at radius 3 is 2.35 bits per heavy atom. The Bertz CT molecular complexity index is 1830. The van der Waals surface area contributed by atoms with Gasteiger partial charge in [0, 0.05) is 49.8 Å². The quantitative estimate of drug-likeness (QED) is 0.134. The van der Waals surface area contributed by atoms with Gasteiger partial charge >= 0.3 is 6.09 Å². The third-order valence-corrected chi connectivity index (χ3v) is 9.88. The second-order valence-corrected chi connectivity index (χ2v) is 15.2. The Labute approximate surface area is 322 Å². The van der Waals surface area contributed by atoms with Gasteiger partial charge in [-0.15, -0.1) is 10.2 Å². The summed E-state index contributed by atoms with van der Waals surface area (Å²) in [5.41, 5.74) is 3.72. The fourth-order valence-electron chi connectivity index (χ4n) is 6.84. The number of anilines is 1. The number of aromatic nitrogens is 4. The lowest BCUT2D eigenvalue weighted by atomic mass is 9.81. The number of aromatic amines is 1. The Hall–Kier alpha value is -5.34. The summed E-state index contributed by atoms with van der Waals surface area (Å²) in [5, 5.41) is 23.0. The molecule has 1 aromatic heterocycles. The first kappa shape index (κ1) is 39.4. The first-order valence-electron chi connectivity index (χ1n) is 19.1. The average molecular weight is 753 g/mol. The van der Waals surface area contributed by atoms with Crippen LogP contribution in [0.25, 0.3) is 22.5 Å². The zero-order valence-corrected chi connectivity index (χ0v) is 31.9. The molecule has 55 heavy (non-hydrogen) atoms. The average Bonchev–Trinajstić information content (AvgIpc) is 3.73. The van der Waals surface area contributed by atoms with Crippen LogP contribution in [0.5, 0.6) is 5.75 Å². The van der Waals surface area contributed by atoms with Crippen LogP contribution in [0, 0.1) is 11.8 Å². The first-order valence-corrected chi connectivity index (χ1v) is 19.1. The predicted octanol–water partition coefficient (Wildman–Crippen LogP) is 5.24. The summed E-state index contributed by atoms with van der Waals surface area (Å²) in [7, 11) is 0. The van der Waals surface area contributed by atoms with Crippen molar-refractivity contribution in [3.63, 3.8) is 0 Å². The number of nitrogens with zero attached hydrogens (tertiary/aromatic N) is 4. The molecular weight excluding hydrogens is 701 g/mol. The molecule has 1 atom stereocenters. The van der Waals surface area contributed by atoms with Crippen molar-refractivity contribution in [3.8, 4) is 28.3 Å². The second-order valence-electron chi connectivity index (χ2n) is 15.2. The van der Waals surface area contributed by atoms with E-state index < -0.39 is 17.7 Å². The topological polar surface area (TPSA) is 173 Å². The van der Waals surface area contributed by atoms with Crippen molar-refractivity contribution in [2.75, 3.05) is 51.3 Å². The summed E-state index contributed by atoms with van der Waals surface area (Å²) >= 11 is 0. The van der Waals surface area contributed by atoms with Crippen molar-refractivity contribution >= 4 is 23.6 Å². The number of carbonyl (C=O) groups is 3. The van der Waals surface area contributed by atoms with Gasteiger partial charge in [0.15, 0.2) is 0 Å². The van der Waals surface area contributed by atoms with Crippen molar-refractivity contribution in [1.82, 2.24) is 36.2 Å². The molecule has 14 heteroatoms. The Morgan fingerprint density at radius 2 is 1.65 bits per heavy atom. The highest BCUT2D eigenvalue weighted by Crippen LogP contribution is 2.29. The number of amides is 3. The van der Waals surface area contributed by atoms with Crippen LogP contribution in [0.4, 0.5) is 10.5 Å². The van der Waals surface area contributed by atoms with Crippen molar-refractivity contribution in [2.24, 2.45) is 11.8 Å². The van der Waals surface area contributed by atoms with Crippen molar-refractivity contribution in [2.45, 2.75) is 64.5 Å². The highest BCUT2D eigenvalue weighted by atomic mass is 16.6. The molecule has 0 bridgehead atoms. The van der Waals surface area contributed by atoms with Crippen LogP contribution in [-0.4, -0.2) is 101 Å². The summed E-state index contributed by atoms with van der Waals surface area (Å²) in [6, 6.07) is 22.4. The molecule has 2 heterocycles. The molecule has 1 aliphatic carbocycles. The molecule has 2 fully saturated rings. The van der Waals surface area contributed by atoms with Gasteiger partial charge in [-0.25, -0.2) is 4.79 Å². The summed E-state index contributed by atoms with van der Waals surface area (Å²) < 4.78 is 16.9. The van der Waals surface area contributed by atoms with E-state index in [4.69, 9.17) is 14.2 Å². The smallest absolute Gasteiger partial charge is 0.407 e. The number of morpholine rings is 1. The molecule has 14 nitrogen and oxygen atoms in total. The number of hydrogen-bond acceptors (Lipinski definition) is 10. The van der Waals surface area contributed by atoms with Crippen LogP contribution in [-0.2, 0) is 25.5 Å². The molecule has 2 aliphatic rings. The number of hydrogen-bond donors (Lipinski definition) is 4. The van der Waals surface area contributed by atoms with Crippen LogP contribution in [0.1, 0.15) is 52.0 Å². The van der Waals surface area contributed by atoms with E-state index in [1.807, 2.05) is 69.3 Å². The maximum absolute atomic E-state index is 13.8. The Morgan fingerprint density at radius 1 is 0.927 bits per heavy atom. The summed E-state index contributed by atoms with van der Waals surface area (Å²) in [5.74, 6) is 0.827. The summed E-state index contributed by atoms with van der Waals surface area (Å²) in [4.78, 5) is 42.0. The number of nitrogens with one attached hydrogen (secondary N) is 4. The number of carbonyl (C=O) groups excluding carboxylic acids is 3. The lowest BCUT2D eigenvalue weighted by Crippen LogP contribution is -2.48.